The van der Waals surface area contributed by atoms with Crippen LogP contribution in [0.2, 0.25) is 0 Å². The molecule has 0 saturated carbocycles. The van der Waals surface area contributed by atoms with Crippen LogP contribution in [0.25, 0.3) is 11.3 Å². The summed E-state index contributed by atoms with van der Waals surface area (Å²) in [6.45, 7) is 0. The Balaban J connectivity index is 2.12. The molecule has 112 valence electrons. The molecule has 1 aliphatic rings. The van der Waals surface area contributed by atoms with Gasteiger partial charge in [-0.25, -0.2) is 17.9 Å². The Kier molecular flexibility index (Phi) is 3.04. The van der Waals surface area contributed by atoms with Crippen molar-refractivity contribution in [3.63, 3.8) is 0 Å². The minimum atomic E-state index is -3.11. The summed E-state index contributed by atoms with van der Waals surface area (Å²) < 4.78 is 26.2. The molecule has 0 aromatic carbocycles. The summed E-state index contributed by atoms with van der Waals surface area (Å²) in [6, 6.07) is -0.397. The van der Waals surface area contributed by atoms with Gasteiger partial charge in [0.05, 0.1) is 23.7 Å². The Bertz CT molecular complexity index is 806. The first-order valence-corrected chi connectivity index (χ1v) is 8.07. The highest BCUT2D eigenvalue weighted by Crippen LogP contribution is 2.30. The van der Waals surface area contributed by atoms with Crippen LogP contribution in [0.4, 0.5) is 0 Å². The molecular weight excluding hydrogens is 298 g/mol. The van der Waals surface area contributed by atoms with Crippen molar-refractivity contribution in [2.45, 2.75) is 12.5 Å². The maximum absolute atomic E-state index is 11.6. The lowest BCUT2D eigenvalue weighted by atomic mass is 10.1. The zero-order chi connectivity index (χ0) is 15.2. The highest BCUT2D eigenvalue weighted by molar-refractivity contribution is 7.91. The topological polar surface area (TPSA) is 120 Å². The normalized spacial score (nSPS) is 20.7. The Labute approximate surface area is 120 Å². The number of carboxylic acid groups (broad SMARTS) is 1. The number of sulfone groups is 1. The van der Waals surface area contributed by atoms with Crippen molar-refractivity contribution in [1.29, 1.82) is 0 Å². The van der Waals surface area contributed by atoms with Crippen LogP contribution in [0.5, 0.6) is 0 Å². The molecule has 0 bridgehead atoms. The van der Waals surface area contributed by atoms with E-state index >= 15 is 0 Å². The van der Waals surface area contributed by atoms with Crippen molar-refractivity contribution in [2.24, 2.45) is 7.05 Å². The molecule has 1 fully saturated rings. The molecule has 1 atom stereocenters. The summed E-state index contributed by atoms with van der Waals surface area (Å²) in [7, 11) is -1.40. The average molecular weight is 311 g/mol. The minimum absolute atomic E-state index is 0.0529. The van der Waals surface area contributed by atoms with E-state index in [9.17, 15) is 18.3 Å². The molecule has 2 aromatic heterocycles. The van der Waals surface area contributed by atoms with Crippen LogP contribution in [0.15, 0.2) is 12.4 Å². The Morgan fingerprint density at radius 2 is 2.24 bits per heavy atom. The van der Waals surface area contributed by atoms with Gasteiger partial charge >= 0.3 is 5.97 Å². The molecule has 1 N–H and O–H groups in total. The fourth-order valence-electron chi connectivity index (χ4n) is 2.47. The minimum Gasteiger partial charge on any atom is -0.476 e. The Morgan fingerprint density at radius 1 is 1.48 bits per heavy atom. The van der Waals surface area contributed by atoms with Crippen LogP contribution in [-0.2, 0) is 16.9 Å². The van der Waals surface area contributed by atoms with E-state index in [1.165, 1.54) is 15.6 Å². The van der Waals surface area contributed by atoms with Gasteiger partial charge in [-0.15, -0.1) is 5.10 Å². The number of aryl methyl sites for hydroxylation is 1. The molecule has 10 heteroatoms. The molecule has 9 nitrogen and oxygen atoms in total. The van der Waals surface area contributed by atoms with Crippen LogP contribution in [0, 0.1) is 0 Å². The van der Waals surface area contributed by atoms with Gasteiger partial charge in [-0.3, -0.25) is 4.68 Å². The molecule has 1 saturated heterocycles. The van der Waals surface area contributed by atoms with Gasteiger partial charge in [-0.1, -0.05) is 5.21 Å². The largest absolute Gasteiger partial charge is 0.476 e. The first-order chi connectivity index (χ1) is 9.87. The molecule has 0 radical (unpaired) electrons. The van der Waals surface area contributed by atoms with Crippen LogP contribution < -0.4 is 0 Å². The van der Waals surface area contributed by atoms with Crippen molar-refractivity contribution in [3.05, 3.63) is 18.1 Å². The number of aromatic nitrogens is 5. The number of nitrogens with zero attached hydrogens (tertiary/aromatic N) is 5. The lowest BCUT2D eigenvalue weighted by Crippen LogP contribution is -2.14. The highest BCUT2D eigenvalue weighted by atomic mass is 32.2. The molecular formula is C11H13N5O4S. The molecule has 2 aromatic rings. The van der Waals surface area contributed by atoms with E-state index in [2.05, 4.69) is 15.4 Å². The number of aromatic carboxylic acids is 1. The van der Waals surface area contributed by atoms with E-state index in [1.807, 2.05) is 0 Å². The van der Waals surface area contributed by atoms with Gasteiger partial charge in [0.2, 0.25) is 0 Å². The zero-order valence-electron chi connectivity index (χ0n) is 11.2. The summed E-state index contributed by atoms with van der Waals surface area (Å²) in [5.41, 5.74) is 0.634. The third-order valence-electron chi connectivity index (χ3n) is 3.43. The molecule has 0 spiro atoms. The smallest absolute Gasteiger partial charge is 0.358 e. The number of hydrogen-bond acceptors (Lipinski definition) is 6. The van der Waals surface area contributed by atoms with Crippen molar-refractivity contribution in [3.8, 4) is 11.3 Å². The van der Waals surface area contributed by atoms with E-state index in [0.29, 0.717) is 12.0 Å². The first-order valence-electron chi connectivity index (χ1n) is 6.25. The quantitative estimate of drug-likeness (QED) is 0.828. The van der Waals surface area contributed by atoms with Gasteiger partial charge in [0, 0.05) is 18.8 Å². The lowest BCUT2D eigenvalue weighted by molar-refractivity contribution is 0.0691. The van der Waals surface area contributed by atoms with E-state index in [0.717, 1.165) is 0 Å². The molecule has 1 unspecified atom stereocenters. The molecule has 3 heterocycles. The van der Waals surface area contributed by atoms with Gasteiger partial charge in [0.15, 0.2) is 15.5 Å². The number of hydrogen-bond donors (Lipinski definition) is 1. The molecule has 0 amide bonds. The van der Waals surface area contributed by atoms with E-state index in [1.54, 1.807) is 13.2 Å². The Morgan fingerprint density at radius 3 is 2.76 bits per heavy atom. The number of carboxylic acids is 1. The maximum Gasteiger partial charge on any atom is 0.358 e. The second kappa shape index (κ2) is 4.65. The van der Waals surface area contributed by atoms with E-state index < -0.39 is 21.8 Å². The summed E-state index contributed by atoms with van der Waals surface area (Å²) >= 11 is 0. The van der Waals surface area contributed by atoms with Crippen LogP contribution >= 0.6 is 0 Å². The predicted molar refractivity (Wildman–Crippen MR) is 71.5 cm³/mol. The van der Waals surface area contributed by atoms with Crippen LogP contribution in [0.1, 0.15) is 23.0 Å². The van der Waals surface area contributed by atoms with Gasteiger partial charge in [0.25, 0.3) is 0 Å². The first kappa shape index (κ1) is 13.7. The SMILES string of the molecule is Cn1cc(-c2c(C(=O)O)nnn2C2CCS(=O)(=O)C2)cn1. The summed E-state index contributed by atoms with van der Waals surface area (Å²) in [4.78, 5) is 11.3. The zero-order valence-corrected chi connectivity index (χ0v) is 12.0. The van der Waals surface area contributed by atoms with Crippen molar-refractivity contribution in [2.75, 3.05) is 11.5 Å². The fourth-order valence-corrected chi connectivity index (χ4v) is 4.17. The Hall–Kier alpha value is -2.23. The average Bonchev–Trinajstić information content (AvgIpc) is 3.06. The highest BCUT2D eigenvalue weighted by Gasteiger charge is 2.33. The number of rotatable bonds is 3. The monoisotopic (exact) mass is 311 g/mol. The van der Waals surface area contributed by atoms with Gasteiger partial charge < -0.3 is 5.11 Å². The molecule has 21 heavy (non-hydrogen) atoms. The molecule has 1 aliphatic heterocycles. The van der Waals surface area contributed by atoms with Gasteiger partial charge in [-0.05, 0) is 6.42 Å². The second-order valence-electron chi connectivity index (χ2n) is 5.00. The van der Waals surface area contributed by atoms with Crippen molar-refractivity contribution < 1.29 is 18.3 Å². The van der Waals surface area contributed by atoms with E-state index in [4.69, 9.17) is 0 Å². The third kappa shape index (κ3) is 2.42. The van der Waals surface area contributed by atoms with E-state index in [-0.39, 0.29) is 22.9 Å². The molecule has 0 aliphatic carbocycles. The fraction of sp³-hybridized carbons (Fsp3) is 0.455. The summed E-state index contributed by atoms with van der Waals surface area (Å²) in [6.07, 6.45) is 3.55. The van der Waals surface area contributed by atoms with Crippen LogP contribution in [0.3, 0.4) is 0 Å². The summed E-state index contributed by atoms with van der Waals surface area (Å²) in [5, 5.41) is 20.8. The third-order valence-corrected chi connectivity index (χ3v) is 5.18. The maximum atomic E-state index is 11.6. The van der Waals surface area contributed by atoms with Crippen molar-refractivity contribution in [1.82, 2.24) is 24.8 Å². The predicted octanol–water partition coefficient (Wildman–Crippen LogP) is -0.264. The lowest BCUT2D eigenvalue weighted by Gasteiger charge is -2.11. The van der Waals surface area contributed by atoms with Crippen LogP contribution in [-0.4, -0.2) is 55.8 Å². The summed E-state index contributed by atoms with van der Waals surface area (Å²) in [5.74, 6) is -1.18. The standard InChI is InChI=1S/C11H13N5O4S/c1-15-5-7(4-12-15)10-9(11(17)18)13-14-16(10)8-2-3-21(19,20)6-8/h4-5,8H,2-3,6H2,1H3,(H,17,18). The van der Waals surface area contributed by atoms with Gasteiger partial charge in [0.1, 0.15) is 5.69 Å². The molecule has 3 rings (SSSR count). The van der Waals surface area contributed by atoms with Gasteiger partial charge in [-0.2, -0.15) is 5.10 Å². The number of carbonyl (C=O) groups is 1. The second-order valence-corrected chi connectivity index (χ2v) is 7.22. The van der Waals surface area contributed by atoms with Crippen molar-refractivity contribution >= 4 is 15.8 Å².